The van der Waals surface area contributed by atoms with E-state index in [-0.39, 0.29) is 5.91 Å². The molecule has 28 heavy (non-hydrogen) atoms. The van der Waals surface area contributed by atoms with Gasteiger partial charge in [-0.25, -0.2) is 0 Å². The van der Waals surface area contributed by atoms with E-state index in [0.717, 1.165) is 5.69 Å². The van der Waals surface area contributed by atoms with Crippen molar-refractivity contribution in [1.29, 1.82) is 0 Å². The molecule has 1 amide bonds. The first-order valence-corrected chi connectivity index (χ1v) is 9.86. The SMILES string of the molecule is COc1ccccc1NC(=O)[C@H](C)Sc1nnnn1-c1ccc(C(C)C)cc1. The number of amides is 1. The van der Waals surface area contributed by atoms with Crippen LogP contribution in [0.25, 0.3) is 5.69 Å². The van der Waals surface area contributed by atoms with E-state index in [0.29, 0.717) is 22.5 Å². The highest BCUT2D eigenvalue weighted by Gasteiger charge is 2.20. The fraction of sp³-hybridized carbons (Fsp3) is 0.300. The predicted octanol–water partition coefficient (Wildman–Crippen LogP) is 3.91. The molecular formula is C20H23N5O2S. The number of hydrogen-bond acceptors (Lipinski definition) is 6. The van der Waals surface area contributed by atoms with Crippen LogP contribution < -0.4 is 10.1 Å². The summed E-state index contributed by atoms with van der Waals surface area (Å²) in [7, 11) is 1.57. The van der Waals surface area contributed by atoms with Gasteiger partial charge in [-0.3, -0.25) is 4.79 Å². The van der Waals surface area contributed by atoms with Crippen LogP contribution in [0, 0.1) is 0 Å². The number of rotatable bonds is 7. The van der Waals surface area contributed by atoms with Crippen molar-refractivity contribution >= 4 is 23.4 Å². The van der Waals surface area contributed by atoms with E-state index in [4.69, 9.17) is 4.74 Å². The number of nitrogens with zero attached hydrogens (tertiary/aromatic N) is 4. The molecule has 1 aromatic heterocycles. The number of tetrazole rings is 1. The summed E-state index contributed by atoms with van der Waals surface area (Å²) in [4.78, 5) is 12.6. The molecule has 0 radical (unpaired) electrons. The Morgan fingerprint density at radius 3 is 2.50 bits per heavy atom. The Morgan fingerprint density at radius 1 is 1.11 bits per heavy atom. The minimum absolute atomic E-state index is 0.154. The molecule has 0 aliphatic carbocycles. The molecule has 1 atom stereocenters. The van der Waals surface area contributed by atoms with Gasteiger partial charge in [-0.1, -0.05) is 49.9 Å². The molecule has 0 unspecified atom stereocenters. The Balaban J connectivity index is 1.72. The lowest BCUT2D eigenvalue weighted by Gasteiger charge is -2.14. The maximum Gasteiger partial charge on any atom is 0.237 e. The Morgan fingerprint density at radius 2 is 1.82 bits per heavy atom. The van der Waals surface area contributed by atoms with Crippen LogP contribution in [0.2, 0.25) is 0 Å². The molecule has 3 aromatic rings. The molecule has 146 valence electrons. The molecule has 3 rings (SSSR count). The molecule has 7 nitrogen and oxygen atoms in total. The van der Waals surface area contributed by atoms with Crippen LogP contribution in [0.4, 0.5) is 5.69 Å². The van der Waals surface area contributed by atoms with Gasteiger partial charge in [0.25, 0.3) is 0 Å². The number of nitrogens with one attached hydrogen (secondary N) is 1. The van der Waals surface area contributed by atoms with Gasteiger partial charge in [-0.2, -0.15) is 4.68 Å². The van der Waals surface area contributed by atoms with Gasteiger partial charge in [0, 0.05) is 0 Å². The van der Waals surface area contributed by atoms with Crippen LogP contribution >= 0.6 is 11.8 Å². The van der Waals surface area contributed by atoms with Crippen LogP contribution in [0.15, 0.2) is 53.7 Å². The summed E-state index contributed by atoms with van der Waals surface area (Å²) in [6, 6.07) is 15.4. The normalized spacial score (nSPS) is 12.0. The van der Waals surface area contributed by atoms with Crippen molar-refractivity contribution in [3.05, 3.63) is 54.1 Å². The van der Waals surface area contributed by atoms with Crippen molar-refractivity contribution < 1.29 is 9.53 Å². The summed E-state index contributed by atoms with van der Waals surface area (Å²) in [5.41, 5.74) is 2.73. The maximum atomic E-state index is 12.6. The quantitative estimate of drug-likeness (QED) is 0.609. The average molecular weight is 398 g/mol. The van der Waals surface area contributed by atoms with Crippen molar-refractivity contribution in [2.75, 3.05) is 12.4 Å². The summed E-state index contributed by atoms with van der Waals surface area (Å²) < 4.78 is 6.92. The third kappa shape index (κ3) is 4.51. The molecule has 0 spiro atoms. The number of aromatic nitrogens is 4. The van der Waals surface area contributed by atoms with Crippen LogP contribution in [-0.2, 0) is 4.79 Å². The van der Waals surface area contributed by atoms with Crippen LogP contribution in [0.5, 0.6) is 5.75 Å². The highest BCUT2D eigenvalue weighted by atomic mass is 32.2. The number of para-hydroxylation sites is 2. The molecule has 2 aromatic carbocycles. The summed E-state index contributed by atoms with van der Waals surface area (Å²) in [5, 5.41) is 15.0. The second kappa shape index (κ2) is 8.88. The third-order valence-corrected chi connectivity index (χ3v) is 5.29. The highest BCUT2D eigenvalue weighted by Crippen LogP contribution is 2.27. The van der Waals surface area contributed by atoms with Gasteiger partial charge in [-0.05, 0) is 53.1 Å². The Hall–Kier alpha value is -2.87. The summed E-state index contributed by atoms with van der Waals surface area (Å²) in [6.07, 6.45) is 0. The largest absolute Gasteiger partial charge is 0.495 e. The van der Waals surface area contributed by atoms with E-state index in [9.17, 15) is 4.79 Å². The smallest absolute Gasteiger partial charge is 0.237 e. The van der Waals surface area contributed by atoms with Crippen LogP contribution in [-0.4, -0.2) is 38.5 Å². The Labute approximate surface area is 168 Å². The second-order valence-corrected chi connectivity index (χ2v) is 7.88. The monoisotopic (exact) mass is 397 g/mol. The van der Waals surface area contributed by atoms with Gasteiger partial charge >= 0.3 is 0 Å². The van der Waals surface area contributed by atoms with Crippen LogP contribution in [0.1, 0.15) is 32.3 Å². The third-order valence-electron chi connectivity index (χ3n) is 4.26. The standard InChI is InChI=1S/C20H23N5O2S/c1-13(2)15-9-11-16(12-10-15)25-20(22-23-24-25)28-14(3)19(26)21-17-7-5-6-8-18(17)27-4/h5-14H,1-4H3,(H,21,26)/t14-/m0/s1. The fourth-order valence-electron chi connectivity index (χ4n) is 2.61. The number of carbonyl (C=O) groups is 1. The lowest BCUT2D eigenvalue weighted by atomic mass is 10.0. The number of hydrogen-bond donors (Lipinski definition) is 1. The number of methoxy groups -OCH3 is 1. The minimum atomic E-state index is -0.399. The van der Waals surface area contributed by atoms with Crippen molar-refractivity contribution in [2.24, 2.45) is 0 Å². The molecule has 0 bridgehead atoms. The minimum Gasteiger partial charge on any atom is -0.495 e. The first-order chi connectivity index (χ1) is 13.5. The second-order valence-electron chi connectivity index (χ2n) is 6.57. The lowest BCUT2D eigenvalue weighted by Crippen LogP contribution is -2.23. The van der Waals surface area contributed by atoms with Gasteiger partial charge in [0.05, 0.1) is 23.7 Å². The molecular weight excluding hydrogens is 374 g/mol. The number of anilines is 1. The van der Waals surface area contributed by atoms with Crippen molar-refractivity contribution in [3.8, 4) is 11.4 Å². The number of ether oxygens (including phenoxy) is 1. The van der Waals surface area contributed by atoms with E-state index < -0.39 is 5.25 Å². The predicted molar refractivity (Wildman–Crippen MR) is 110 cm³/mol. The zero-order valence-electron chi connectivity index (χ0n) is 16.3. The Bertz CT molecular complexity index is 940. The molecule has 1 N–H and O–H groups in total. The van der Waals surface area contributed by atoms with E-state index in [1.165, 1.54) is 17.3 Å². The zero-order chi connectivity index (χ0) is 20.1. The molecule has 1 heterocycles. The summed E-state index contributed by atoms with van der Waals surface area (Å²) in [5.74, 6) is 0.915. The van der Waals surface area contributed by atoms with E-state index in [1.807, 2.05) is 31.2 Å². The van der Waals surface area contributed by atoms with Crippen molar-refractivity contribution in [1.82, 2.24) is 20.2 Å². The molecule has 0 saturated carbocycles. The first-order valence-electron chi connectivity index (χ1n) is 8.99. The first kappa shape index (κ1) is 19.9. The van der Waals surface area contributed by atoms with Gasteiger partial charge in [-0.15, -0.1) is 5.10 Å². The van der Waals surface area contributed by atoms with Crippen LogP contribution in [0.3, 0.4) is 0 Å². The zero-order valence-corrected chi connectivity index (χ0v) is 17.1. The summed E-state index contributed by atoms with van der Waals surface area (Å²) in [6.45, 7) is 6.11. The molecule has 0 saturated heterocycles. The maximum absolute atomic E-state index is 12.6. The Kier molecular flexibility index (Phi) is 6.30. The topological polar surface area (TPSA) is 81.9 Å². The highest BCUT2D eigenvalue weighted by molar-refractivity contribution is 8.00. The van der Waals surface area contributed by atoms with Gasteiger partial charge < -0.3 is 10.1 Å². The fourth-order valence-corrected chi connectivity index (χ4v) is 3.42. The molecule has 0 fully saturated rings. The number of benzene rings is 2. The van der Waals surface area contributed by atoms with Crippen molar-refractivity contribution in [3.63, 3.8) is 0 Å². The summed E-state index contributed by atoms with van der Waals surface area (Å²) >= 11 is 1.30. The number of thioether (sulfide) groups is 1. The van der Waals surface area contributed by atoms with E-state index >= 15 is 0 Å². The van der Waals surface area contributed by atoms with E-state index in [1.54, 1.807) is 23.9 Å². The van der Waals surface area contributed by atoms with Gasteiger partial charge in [0.2, 0.25) is 11.1 Å². The average Bonchev–Trinajstić information content (AvgIpc) is 3.16. The molecule has 0 aliphatic heterocycles. The van der Waals surface area contributed by atoms with Crippen molar-refractivity contribution in [2.45, 2.75) is 37.1 Å². The van der Waals surface area contributed by atoms with Gasteiger partial charge in [0.15, 0.2) is 0 Å². The van der Waals surface area contributed by atoms with E-state index in [2.05, 4.69) is 46.8 Å². The molecule has 8 heteroatoms. The lowest BCUT2D eigenvalue weighted by molar-refractivity contribution is -0.115. The molecule has 0 aliphatic rings. The van der Waals surface area contributed by atoms with Gasteiger partial charge in [0.1, 0.15) is 5.75 Å². The number of carbonyl (C=O) groups excluding carboxylic acids is 1.